The third kappa shape index (κ3) is 2.94. The van der Waals surface area contributed by atoms with E-state index in [2.05, 4.69) is 4.98 Å². The van der Waals surface area contributed by atoms with Gasteiger partial charge in [0.2, 0.25) is 0 Å². The van der Waals surface area contributed by atoms with Gasteiger partial charge in [-0.15, -0.1) is 0 Å². The van der Waals surface area contributed by atoms with Gasteiger partial charge in [0, 0.05) is 18.6 Å². The zero-order chi connectivity index (χ0) is 16.5. The first-order chi connectivity index (χ1) is 10.1. The molecule has 1 heterocycles. The molecule has 0 amide bonds. The van der Waals surface area contributed by atoms with Crippen LogP contribution in [0.1, 0.15) is 31.8 Å². The number of rotatable bonds is 3. The Kier molecular flexibility index (Phi) is 2.10. The molecule has 88 valence electrons. The monoisotopic (exact) mass is 230 g/mol. The Labute approximate surface area is 111 Å². The van der Waals surface area contributed by atoms with Gasteiger partial charge in [-0.05, 0) is 36.3 Å². The third-order valence-electron chi connectivity index (χ3n) is 2.42. The summed E-state index contributed by atoms with van der Waals surface area (Å²) in [7, 11) is 0. The predicted molar refractivity (Wildman–Crippen MR) is 73.0 cm³/mol. The molecule has 0 unspecified atom stereocenters. The summed E-state index contributed by atoms with van der Waals surface area (Å²) in [6.07, 6.45) is -0.379. The molecule has 0 aliphatic heterocycles. The van der Waals surface area contributed by atoms with Gasteiger partial charge in [0.15, 0.2) is 0 Å². The summed E-state index contributed by atoms with van der Waals surface area (Å²) in [4.78, 5) is 4.28. The molecular formula is C16H19N. The van der Waals surface area contributed by atoms with E-state index in [0.717, 1.165) is 5.56 Å². The second kappa shape index (κ2) is 5.13. The summed E-state index contributed by atoms with van der Waals surface area (Å²) in [5.41, 5.74) is 1.52. The molecule has 0 N–H and O–H groups in total. The molecule has 0 bridgehead atoms. The first-order valence-corrected chi connectivity index (χ1v) is 5.70. The van der Waals surface area contributed by atoms with Crippen LogP contribution in [-0.2, 0) is 6.37 Å². The fourth-order valence-electron chi connectivity index (χ4n) is 1.65. The van der Waals surface area contributed by atoms with Gasteiger partial charge >= 0.3 is 0 Å². The molecule has 1 nitrogen and oxygen atoms in total. The number of hydrogen-bond donors (Lipinski definition) is 0. The Bertz CT molecular complexity index is 647. The smallest absolute Gasteiger partial charge is 0.0704 e. The van der Waals surface area contributed by atoms with Crippen LogP contribution in [0, 0.1) is 12.8 Å². The Hall–Kier alpha value is -1.63. The normalized spacial score (nSPS) is 16.8. The van der Waals surface area contributed by atoms with Crippen molar-refractivity contribution in [3.8, 4) is 11.3 Å². The van der Waals surface area contributed by atoms with Gasteiger partial charge in [0.25, 0.3) is 0 Å². The van der Waals surface area contributed by atoms with E-state index in [9.17, 15) is 0 Å². The van der Waals surface area contributed by atoms with Gasteiger partial charge < -0.3 is 0 Å². The fraction of sp³-hybridized carbons (Fsp3) is 0.312. The van der Waals surface area contributed by atoms with Gasteiger partial charge in [-0.1, -0.05) is 44.2 Å². The molecule has 1 aromatic heterocycles. The van der Waals surface area contributed by atoms with Crippen LogP contribution in [0.4, 0.5) is 0 Å². The van der Waals surface area contributed by atoms with Gasteiger partial charge in [0.05, 0.1) is 5.69 Å². The largest absolute Gasteiger partial charge is 0.256 e. The summed E-state index contributed by atoms with van der Waals surface area (Å²) < 4.78 is 39.6. The highest BCUT2D eigenvalue weighted by Crippen LogP contribution is 2.20. The minimum absolute atomic E-state index is 0.0278. The highest BCUT2D eigenvalue weighted by molar-refractivity contribution is 5.59. The second-order valence-electron chi connectivity index (χ2n) is 4.28. The number of aryl methyl sites for hydroxylation is 1. The molecule has 1 aromatic carbocycles. The zero-order valence-electron chi connectivity index (χ0n) is 15.1. The first kappa shape index (κ1) is 6.95. The van der Waals surface area contributed by atoms with Crippen LogP contribution < -0.4 is 0 Å². The number of benzene rings is 1. The Morgan fingerprint density at radius 1 is 1.29 bits per heavy atom. The summed E-state index contributed by atoms with van der Waals surface area (Å²) in [6.45, 7) is 1.08. The average Bonchev–Trinajstić information content (AvgIpc) is 2.46. The van der Waals surface area contributed by atoms with Crippen LogP contribution in [0.5, 0.6) is 0 Å². The minimum atomic E-state index is -2.38. The summed E-state index contributed by atoms with van der Waals surface area (Å²) >= 11 is 0. The lowest BCUT2D eigenvalue weighted by Gasteiger charge is -2.10. The van der Waals surface area contributed by atoms with E-state index in [4.69, 9.17) is 6.85 Å². The molecule has 0 aliphatic carbocycles. The third-order valence-corrected chi connectivity index (χ3v) is 2.42. The maximum Gasteiger partial charge on any atom is 0.0704 e. The topological polar surface area (TPSA) is 12.9 Å². The second-order valence-corrected chi connectivity index (χ2v) is 4.28. The molecule has 0 aliphatic rings. The van der Waals surface area contributed by atoms with E-state index in [1.54, 1.807) is 13.8 Å². The fourth-order valence-corrected chi connectivity index (χ4v) is 1.65. The number of nitrogens with zero attached hydrogens (tertiary/aromatic N) is 1. The van der Waals surface area contributed by atoms with Gasteiger partial charge in [-0.25, -0.2) is 0 Å². The highest BCUT2D eigenvalue weighted by atomic mass is 14.7. The SMILES string of the molecule is [2H]C([2H])([2H])c1cc(-c2ccccc2)ncc1C([2H])([2H])C(C)C. The first-order valence-electron chi connectivity index (χ1n) is 8.20. The van der Waals surface area contributed by atoms with Crippen molar-refractivity contribution in [3.05, 3.63) is 53.7 Å². The van der Waals surface area contributed by atoms with Crippen LogP contribution >= 0.6 is 0 Å². The Morgan fingerprint density at radius 2 is 2.06 bits per heavy atom. The van der Waals surface area contributed by atoms with E-state index in [-0.39, 0.29) is 17.0 Å². The number of hydrogen-bond acceptors (Lipinski definition) is 1. The van der Waals surface area contributed by atoms with E-state index >= 15 is 0 Å². The van der Waals surface area contributed by atoms with Gasteiger partial charge in [-0.2, -0.15) is 0 Å². The molecule has 0 saturated heterocycles. The molecule has 0 saturated carbocycles. The van der Waals surface area contributed by atoms with Crippen LogP contribution in [0.15, 0.2) is 42.6 Å². The molecule has 0 radical (unpaired) electrons. The predicted octanol–water partition coefficient (Wildman–Crippen LogP) is 4.26. The van der Waals surface area contributed by atoms with Crippen LogP contribution in [0.25, 0.3) is 11.3 Å². The molecule has 0 atom stereocenters. The summed E-state index contributed by atoms with van der Waals surface area (Å²) in [5.74, 6) is -0.349. The van der Waals surface area contributed by atoms with Crippen LogP contribution in [-0.4, -0.2) is 4.98 Å². The van der Waals surface area contributed by atoms with Crippen molar-refractivity contribution in [1.82, 2.24) is 4.98 Å². The Balaban J connectivity index is 2.63. The maximum atomic E-state index is 8.19. The lowest BCUT2D eigenvalue weighted by atomic mass is 9.99. The quantitative estimate of drug-likeness (QED) is 0.768. The van der Waals surface area contributed by atoms with E-state index in [0.29, 0.717) is 5.69 Å². The lowest BCUT2D eigenvalue weighted by molar-refractivity contribution is 0.643. The molecular weight excluding hydrogens is 206 g/mol. The molecule has 2 rings (SSSR count). The molecule has 1 heteroatoms. The van der Waals surface area contributed by atoms with Crippen molar-refractivity contribution in [2.75, 3.05) is 0 Å². The maximum absolute atomic E-state index is 8.19. The lowest BCUT2D eigenvalue weighted by Crippen LogP contribution is -1.98. The number of pyridine rings is 1. The van der Waals surface area contributed by atoms with E-state index in [1.165, 1.54) is 12.3 Å². The van der Waals surface area contributed by atoms with Crippen LogP contribution in [0.3, 0.4) is 0 Å². The molecule has 2 aromatic rings. The zero-order valence-corrected chi connectivity index (χ0v) is 10.1. The summed E-state index contributed by atoms with van der Waals surface area (Å²) in [5, 5.41) is 0. The van der Waals surface area contributed by atoms with Gasteiger partial charge in [0.1, 0.15) is 0 Å². The highest BCUT2D eigenvalue weighted by Gasteiger charge is 2.05. The van der Waals surface area contributed by atoms with Crippen LogP contribution in [0.2, 0.25) is 0 Å². The van der Waals surface area contributed by atoms with Gasteiger partial charge in [-0.3, -0.25) is 4.98 Å². The minimum Gasteiger partial charge on any atom is -0.256 e. The van der Waals surface area contributed by atoms with Crippen molar-refractivity contribution >= 4 is 0 Å². The number of aromatic nitrogens is 1. The van der Waals surface area contributed by atoms with E-state index < -0.39 is 13.2 Å². The Morgan fingerprint density at radius 3 is 2.71 bits per heavy atom. The summed E-state index contributed by atoms with van der Waals surface area (Å²) in [6, 6.07) is 10.8. The molecule has 0 spiro atoms. The van der Waals surface area contributed by atoms with Crippen molar-refractivity contribution in [2.45, 2.75) is 27.1 Å². The average molecular weight is 230 g/mol. The molecule has 0 fully saturated rings. The van der Waals surface area contributed by atoms with Crippen molar-refractivity contribution < 1.29 is 6.85 Å². The standard InChI is InChI=1S/C16H19N/c1-12(2)9-15-11-17-16(10-13(15)3)14-7-5-4-6-8-14/h4-8,10-12H,9H2,1-3H3/i3D3,9D2. The van der Waals surface area contributed by atoms with Crippen molar-refractivity contribution in [3.63, 3.8) is 0 Å². The van der Waals surface area contributed by atoms with E-state index in [1.807, 2.05) is 30.3 Å². The van der Waals surface area contributed by atoms with Crippen molar-refractivity contribution in [1.29, 1.82) is 0 Å². The molecule has 17 heavy (non-hydrogen) atoms. The van der Waals surface area contributed by atoms with Crippen molar-refractivity contribution in [2.24, 2.45) is 5.92 Å².